The molecule has 0 radical (unpaired) electrons. The molecule has 1 unspecified atom stereocenters. The van der Waals surface area contributed by atoms with Gasteiger partial charge in [0.05, 0.1) is 6.20 Å². The summed E-state index contributed by atoms with van der Waals surface area (Å²) in [5.41, 5.74) is 0.693. The van der Waals surface area contributed by atoms with Crippen molar-refractivity contribution in [3.63, 3.8) is 0 Å². The molecule has 1 aliphatic heterocycles. The normalized spacial score (nSPS) is 15.4. The molecule has 1 fully saturated rings. The van der Waals surface area contributed by atoms with Crippen molar-refractivity contribution in [2.45, 2.75) is 13.5 Å². The number of benzene rings is 1. The summed E-state index contributed by atoms with van der Waals surface area (Å²) in [6, 6.07) is 8.10. The van der Waals surface area contributed by atoms with E-state index in [2.05, 4.69) is 15.6 Å². The zero-order chi connectivity index (χ0) is 16.9. The average molecular weight is 329 g/mol. The predicted molar refractivity (Wildman–Crippen MR) is 88.1 cm³/mol. The summed E-state index contributed by atoms with van der Waals surface area (Å²) in [6.07, 6.45) is 3.14. The first-order chi connectivity index (χ1) is 11.6. The lowest BCUT2D eigenvalue weighted by Gasteiger charge is -2.31. The van der Waals surface area contributed by atoms with Crippen molar-refractivity contribution >= 4 is 5.91 Å². The number of amides is 1. The highest BCUT2D eigenvalue weighted by atomic mass is 19.1. The van der Waals surface area contributed by atoms with Gasteiger partial charge in [0.1, 0.15) is 5.75 Å². The van der Waals surface area contributed by atoms with Gasteiger partial charge >= 0.3 is 0 Å². The lowest BCUT2D eigenvalue weighted by atomic mass is 9.88. The number of ether oxygens (including phenoxy) is 1. The maximum atomic E-state index is 14.1. The predicted octanol–water partition coefficient (Wildman–Crippen LogP) is 2.48. The summed E-state index contributed by atoms with van der Waals surface area (Å²) in [5, 5.41) is 6.02. The van der Waals surface area contributed by atoms with Crippen molar-refractivity contribution in [2.75, 3.05) is 13.1 Å². The van der Waals surface area contributed by atoms with Crippen molar-refractivity contribution in [1.29, 1.82) is 0 Å². The molecular weight excluding hydrogens is 309 g/mol. The number of rotatable bonds is 6. The second kappa shape index (κ2) is 7.40. The van der Waals surface area contributed by atoms with E-state index in [4.69, 9.17) is 4.74 Å². The molecule has 1 saturated heterocycles. The van der Waals surface area contributed by atoms with Crippen LogP contribution in [0.1, 0.15) is 12.5 Å². The van der Waals surface area contributed by atoms with Gasteiger partial charge in [0.15, 0.2) is 11.6 Å². The number of halogens is 1. The molecule has 2 N–H and O–H groups in total. The molecule has 0 saturated carbocycles. The van der Waals surface area contributed by atoms with E-state index in [-0.39, 0.29) is 17.6 Å². The van der Waals surface area contributed by atoms with Gasteiger partial charge in [-0.1, -0.05) is 13.0 Å². The summed E-state index contributed by atoms with van der Waals surface area (Å²) >= 11 is 0. The van der Waals surface area contributed by atoms with Gasteiger partial charge in [-0.05, 0) is 48.8 Å². The van der Waals surface area contributed by atoms with Crippen molar-refractivity contribution in [1.82, 2.24) is 15.6 Å². The van der Waals surface area contributed by atoms with Crippen molar-refractivity contribution in [2.24, 2.45) is 11.8 Å². The fourth-order valence-corrected chi connectivity index (χ4v) is 2.50. The summed E-state index contributed by atoms with van der Waals surface area (Å²) in [6.45, 7) is 3.98. The molecule has 2 heterocycles. The zero-order valence-electron chi connectivity index (χ0n) is 13.5. The largest absolute Gasteiger partial charge is 0.453 e. The minimum atomic E-state index is -0.471. The van der Waals surface area contributed by atoms with E-state index in [1.807, 2.05) is 6.92 Å². The number of nitrogens with zero attached hydrogens (tertiary/aromatic N) is 1. The molecule has 24 heavy (non-hydrogen) atoms. The van der Waals surface area contributed by atoms with Crippen LogP contribution in [0.4, 0.5) is 4.39 Å². The first kappa shape index (κ1) is 16.4. The topological polar surface area (TPSA) is 63.2 Å². The average Bonchev–Trinajstić information content (AvgIpc) is 2.54. The number of aromatic nitrogens is 1. The van der Waals surface area contributed by atoms with Gasteiger partial charge in [0, 0.05) is 18.7 Å². The second-order valence-corrected chi connectivity index (χ2v) is 5.98. The molecule has 0 bridgehead atoms. The van der Waals surface area contributed by atoms with E-state index in [1.54, 1.807) is 30.5 Å². The van der Waals surface area contributed by atoms with E-state index in [9.17, 15) is 9.18 Å². The monoisotopic (exact) mass is 329 g/mol. The third kappa shape index (κ3) is 3.89. The fourth-order valence-electron chi connectivity index (χ4n) is 2.50. The van der Waals surface area contributed by atoms with Crippen LogP contribution in [0.5, 0.6) is 11.5 Å². The van der Waals surface area contributed by atoms with Crippen LogP contribution in [0.2, 0.25) is 0 Å². The third-order valence-corrected chi connectivity index (χ3v) is 4.26. The number of pyridine rings is 1. The maximum absolute atomic E-state index is 14.1. The molecule has 2 aromatic rings. The van der Waals surface area contributed by atoms with Crippen LogP contribution in [0.25, 0.3) is 0 Å². The lowest BCUT2D eigenvalue weighted by Crippen LogP contribution is -2.49. The first-order valence-electron chi connectivity index (χ1n) is 7.98. The van der Waals surface area contributed by atoms with Crippen LogP contribution < -0.4 is 15.4 Å². The third-order valence-electron chi connectivity index (χ3n) is 4.26. The van der Waals surface area contributed by atoms with Crippen LogP contribution in [0.15, 0.2) is 42.7 Å². The van der Waals surface area contributed by atoms with Crippen molar-refractivity contribution in [3.05, 3.63) is 54.1 Å². The summed E-state index contributed by atoms with van der Waals surface area (Å²) in [5.74, 6) is 0.480. The zero-order valence-corrected chi connectivity index (χ0v) is 13.5. The van der Waals surface area contributed by atoms with E-state index < -0.39 is 5.82 Å². The summed E-state index contributed by atoms with van der Waals surface area (Å²) in [4.78, 5) is 16.0. The molecule has 0 aliphatic carbocycles. The molecule has 1 aromatic heterocycles. The summed E-state index contributed by atoms with van der Waals surface area (Å²) in [7, 11) is 0. The van der Waals surface area contributed by atoms with Gasteiger partial charge in [0.2, 0.25) is 5.91 Å². The lowest BCUT2D eigenvalue weighted by molar-refractivity contribution is -0.126. The van der Waals surface area contributed by atoms with Crippen molar-refractivity contribution < 1.29 is 13.9 Å². The van der Waals surface area contributed by atoms with Gasteiger partial charge < -0.3 is 15.4 Å². The molecule has 1 amide bonds. The van der Waals surface area contributed by atoms with Crippen LogP contribution >= 0.6 is 0 Å². The minimum absolute atomic E-state index is 0.00223. The Hall–Kier alpha value is -2.47. The molecule has 1 aromatic carbocycles. The van der Waals surface area contributed by atoms with Gasteiger partial charge in [-0.25, -0.2) is 4.39 Å². The van der Waals surface area contributed by atoms with Crippen LogP contribution in [-0.4, -0.2) is 24.0 Å². The van der Waals surface area contributed by atoms with E-state index in [0.717, 1.165) is 13.1 Å². The number of carbonyl (C=O) groups excluding carboxylic acids is 1. The number of hydrogen-bond donors (Lipinski definition) is 2. The molecule has 5 nitrogen and oxygen atoms in total. The number of hydrogen-bond acceptors (Lipinski definition) is 4. The highest BCUT2D eigenvalue weighted by Gasteiger charge is 2.28. The highest BCUT2D eigenvalue weighted by molar-refractivity contribution is 5.78. The maximum Gasteiger partial charge on any atom is 0.223 e. The Morgan fingerprint density at radius 2 is 2.29 bits per heavy atom. The quantitative estimate of drug-likeness (QED) is 0.855. The van der Waals surface area contributed by atoms with Gasteiger partial charge in [-0.2, -0.15) is 0 Å². The smallest absolute Gasteiger partial charge is 0.223 e. The number of nitrogens with one attached hydrogen (secondary N) is 2. The molecular formula is C18H20FN3O2. The standard InChI is InChI=1S/C18H20FN3O2/c1-12(14-9-21-10-14)18(23)22-8-13-4-5-17(16(19)7-13)24-15-3-2-6-20-11-15/h2-7,11-12,14,21H,8-10H2,1H3,(H,22,23). The Morgan fingerprint density at radius 3 is 2.92 bits per heavy atom. The summed E-state index contributed by atoms with van der Waals surface area (Å²) < 4.78 is 19.6. The van der Waals surface area contributed by atoms with Crippen LogP contribution in [0.3, 0.4) is 0 Å². The second-order valence-electron chi connectivity index (χ2n) is 5.98. The molecule has 126 valence electrons. The van der Waals surface area contributed by atoms with E-state index in [0.29, 0.717) is 23.8 Å². The minimum Gasteiger partial charge on any atom is -0.453 e. The number of carbonyl (C=O) groups is 1. The Morgan fingerprint density at radius 1 is 1.46 bits per heavy atom. The Balaban J connectivity index is 1.57. The van der Waals surface area contributed by atoms with Crippen LogP contribution in [0, 0.1) is 17.7 Å². The molecule has 1 atom stereocenters. The molecule has 6 heteroatoms. The SMILES string of the molecule is CC(C(=O)NCc1ccc(Oc2cccnc2)c(F)c1)C1CNC1. The highest BCUT2D eigenvalue weighted by Crippen LogP contribution is 2.24. The molecule has 0 spiro atoms. The molecule has 1 aliphatic rings. The van der Waals surface area contributed by atoms with Crippen LogP contribution in [-0.2, 0) is 11.3 Å². The van der Waals surface area contributed by atoms with Gasteiger partial charge in [-0.3, -0.25) is 9.78 Å². The Labute approximate surface area is 140 Å². The van der Waals surface area contributed by atoms with Crippen molar-refractivity contribution in [3.8, 4) is 11.5 Å². The van der Waals surface area contributed by atoms with E-state index in [1.165, 1.54) is 12.3 Å². The first-order valence-corrected chi connectivity index (χ1v) is 7.98. The van der Waals surface area contributed by atoms with Gasteiger partial charge in [0.25, 0.3) is 0 Å². The van der Waals surface area contributed by atoms with E-state index >= 15 is 0 Å². The Bertz CT molecular complexity index is 705. The fraction of sp³-hybridized carbons (Fsp3) is 0.333. The van der Waals surface area contributed by atoms with Gasteiger partial charge in [-0.15, -0.1) is 0 Å². The molecule has 3 rings (SSSR count). The Kier molecular flexibility index (Phi) is 5.05.